The molecule has 0 aliphatic carbocycles. The van der Waals surface area contributed by atoms with Gasteiger partial charge >= 0.3 is 0 Å². The summed E-state index contributed by atoms with van der Waals surface area (Å²) in [6, 6.07) is 0.688. The summed E-state index contributed by atoms with van der Waals surface area (Å²) in [6.45, 7) is 4.26. The lowest BCUT2D eigenvalue weighted by molar-refractivity contribution is 0.360. The van der Waals surface area contributed by atoms with Crippen molar-refractivity contribution in [3.63, 3.8) is 0 Å². The summed E-state index contributed by atoms with van der Waals surface area (Å²) in [5, 5.41) is 7.94. The summed E-state index contributed by atoms with van der Waals surface area (Å²) in [5.74, 6) is 0.951. The lowest BCUT2D eigenvalue weighted by Crippen LogP contribution is -2.34. The molecule has 0 saturated carbocycles. The van der Waals surface area contributed by atoms with Gasteiger partial charge in [0.25, 0.3) is 0 Å². The molecule has 1 N–H and O–H groups in total. The van der Waals surface area contributed by atoms with Crippen LogP contribution < -0.4 is 5.32 Å². The molecule has 0 radical (unpaired) electrons. The van der Waals surface area contributed by atoms with Crippen LogP contribution in [0.25, 0.3) is 0 Å². The van der Waals surface area contributed by atoms with Crippen molar-refractivity contribution in [3.8, 4) is 0 Å². The van der Waals surface area contributed by atoms with Crippen LogP contribution in [0.4, 0.5) is 0 Å². The minimum atomic E-state index is 0.688. The largest absolute Gasteiger partial charge is 0.314 e. The first-order valence-electron chi connectivity index (χ1n) is 6.00. The number of nitrogens with zero attached hydrogens (tertiary/aromatic N) is 3. The molecule has 1 unspecified atom stereocenters. The summed E-state index contributed by atoms with van der Waals surface area (Å²) in [4.78, 5) is 4.23. The SMILES string of the molecule is CCc1ncn(CCC2CCCCN2)n1. The average molecular weight is 208 g/mol. The molecule has 1 saturated heterocycles. The topological polar surface area (TPSA) is 42.7 Å². The van der Waals surface area contributed by atoms with Crippen molar-refractivity contribution >= 4 is 0 Å². The van der Waals surface area contributed by atoms with Crippen LogP contribution in [0.1, 0.15) is 38.4 Å². The van der Waals surface area contributed by atoms with Crippen molar-refractivity contribution in [3.05, 3.63) is 12.2 Å². The van der Waals surface area contributed by atoms with Gasteiger partial charge in [-0.2, -0.15) is 5.10 Å². The molecule has 1 fully saturated rings. The summed E-state index contributed by atoms with van der Waals surface area (Å²) in [7, 11) is 0. The fraction of sp³-hybridized carbons (Fsp3) is 0.818. The van der Waals surface area contributed by atoms with E-state index in [1.54, 1.807) is 0 Å². The molecule has 84 valence electrons. The second kappa shape index (κ2) is 5.26. The molecule has 1 aliphatic heterocycles. The van der Waals surface area contributed by atoms with Gasteiger partial charge in [-0.3, -0.25) is 4.68 Å². The maximum Gasteiger partial charge on any atom is 0.150 e. The van der Waals surface area contributed by atoms with Gasteiger partial charge in [0.15, 0.2) is 0 Å². The molecule has 15 heavy (non-hydrogen) atoms. The molecular weight excluding hydrogens is 188 g/mol. The monoisotopic (exact) mass is 208 g/mol. The number of nitrogens with one attached hydrogen (secondary N) is 1. The minimum Gasteiger partial charge on any atom is -0.314 e. The zero-order chi connectivity index (χ0) is 10.5. The first-order valence-corrected chi connectivity index (χ1v) is 6.00. The Balaban J connectivity index is 1.76. The Kier molecular flexibility index (Phi) is 3.72. The van der Waals surface area contributed by atoms with Gasteiger partial charge in [-0.05, 0) is 25.8 Å². The van der Waals surface area contributed by atoms with Crippen LogP contribution in [-0.4, -0.2) is 27.4 Å². The molecule has 1 atom stereocenters. The number of aryl methyl sites for hydroxylation is 2. The quantitative estimate of drug-likeness (QED) is 0.812. The number of hydrogen-bond donors (Lipinski definition) is 1. The van der Waals surface area contributed by atoms with Crippen LogP contribution in [-0.2, 0) is 13.0 Å². The highest BCUT2D eigenvalue weighted by molar-refractivity contribution is 4.80. The third-order valence-electron chi connectivity index (χ3n) is 3.02. The van der Waals surface area contributed by atoms with E-state index in [0.717, 1.165) is 18.8 Å². The molecule has 4 nitrogen and oxygen atoms in total. The maximum absolute atomic E-state index is 4.39. The van der Waals surface area contributed by atoms with E-state index < -0.39 is 0 Å². The van der Waals surface area contributed by atoms with E-state index in [4.69, 9.17) is 0 Å². The highest BCUT2D eigenvalue weighted by Crippen LogP contribution is 2.10. The molecule has 2 rings (SSSR count). The molecule has 1 aliphatic rings. The molecular formula is C11H20N4. The summed E-state index contributed by atoms with van der Waals surface area (Å²) >= 11 is 0. The Bertz CT molecular complexity index is 289. The predicted molar refractivity (Wildman–Crippen MR) is 59.7 cm³/mol. The lowest BCUT2D eigenvalue weighted by Gasteiger charge is -2.23. The molecule has 0 bridgehead atoms. The van der Waals surface area contributed by atoms with Crippen LogP contribution in [0.3, 0.4) is 0 Å². The molecule has 1 aromatic heterocycles. The fourth-order valence-corrected chi connectivity index (χ4v) is 2.06. The molecule has 1 aromatic rings. The first-order chi connectivity index (χ1) is 7.38. The highest BCUT2D eigenvalue weighted by Gasteiger charge is 2.12. The van der Waals surface area contributed by atoms with Crippen molar-refractivity contribution < 1.29 is 0 Å². The van der Waals surface area contributed by atoms with Crippen molar-refractivity contribution in [1.82, 2.24) is 20.1 Å². The van der Waals surface area contributed by atoms with Crippen LogP contribution >= 0.6 is 0 Å². The standard InChI is InChI=1S/C11H20N4/c1-2-11-13-9-15(14-11)8-6-10-5-3-4-7-12-10/h9-10,12H,2-8H2,1H3. The van der Waals surface area contributed by atoms with Gasteiger partial charge in [0.1, 0.15) is 12.2 Å². The Hall–Kier alpha value is -0.900. The van der Waals surface area contributed by atoms with E-state index in [9.17, 15) is 0 Å². The Morgan fingerprint density at radius 2 is 2.47 bits per heavy atom. The summed E-state index contributed by atoms with van der Waals surface area (Å²) < 4.78 is 1.97. The van der Waals surface area contributed by atoms with Gasteiger partial charge in [0.2, 0.25) is 0 Å². The Morgan fingerprint density at radius 1 is 1.53 bits per heavy atom. The number of rotatable bonds is 4. The van der Waals surface area contributed by atoms with Gasteiger partial charge in [0.05, 0.1) is 0 Å². The lowest BCUT2D eigenvalue weighted by atomic mass is 10.0. The third-order valence-corrected chi connectivity index (χ3v) is 3.02. The first kappa shape index (κ1) is 10.6. The number of hydrogen-bond acceptors (Lipinski definition) is 3. The number of aromatic nitrogens is 3. The highest BCUT2D eigenvalue weighted by atomic mass is 15.3. The molecule has 2 heterocycles. The van der Waals surface area contributed by atoms with E-state index in [-0.39, 0.29) is 0 Å². The fourth-order valence-electron chi connectivity index (χ4n) is 2.06. The van der Waals surface area contributed by atoms with E-state index in [1.807, 2.05) is 11.0 Å². The van der Waals surface area contributed by atoms with Crippen LogP contribution in [0.5, 0.6) is 0 Å². The predicted octanol–water partition coefficient (Wildman–Crippen LogP) is 1.37. The summed E-state index contributed by atoms with van der Waals surface area (Å²) in [5.41, 5.74) is 0. The summed E-state index contributed by atoms with van der Waals surface area (Å²) in [6.07, 6.45) is 7.97. The van der Waals surface area contributed by atoms with Gasteiger partial charge in [-0.1, -0.05) is 13.3 Å². The second-order valence-corrected chi connectivity index (χ2v) is 4.21. The Labute approximate surface area is 91.1 Å². The van der Waals surface area contributed by atoms with Gasteiger partial charge in [-0.15, -0.1) is 0 Å². The van der Waals surface area contributed by atoms with Crippen LogP contribution in [0.2, 0.25) is 0 Å². The van der Waals surface area contributed by atoms with E-state index in [1.165, 1.54) is 32.2 Å². The maximum atomic E-state index is 4.39. The van der Waals surface area contributed by atoms with E-state index in [0.29, 0.717) is 6.04 Å². The van der Waals surface area contributed by atoms with Crippen molar-refractivity contribution in [1.29, 1.82) is 0 Å². The second-order valence-electron chi connectivity index (χ2n) is 4.21. The van der Waals surface area contributed by atoms with Gasteiger partial charge in [-0.25, -0.2) is 4.98 Å². The normalized spacial score (nSPS) is 21.8. The van der Waals surface area contributed by atoms with Crippen LogP contribution in [0, 0.1) is 0 Å². The zero-order valence-corrected chi connectivity index (χ0v) is 9.45. The molecule has 0 amide bonds. The smallest absolute Gasteiger partial charge is 0.150 e. The third kappa shape index (κ3) is 3.02. The van der Waals surface area contributed by atoms with Crippen LogP contribution in [0.15, 0.2) is 6.33 Å². The van der Waals surface area contributed by atoms with Crippen molar-refractivity contribution in [2.45, 2.75) is 51.6 Å². The van der Waals surface area contributed by atoms with Gasteiger partial charge in [0, 0.05) is 19.0 Å². The zero-order valence-electron chi connectivity index (χ0n) is 9.45. The van der Waals surface area contributed by atoms with E-state index >= 15 is 0 Å². The van der Waals surface area contributed by atoms with Crippen molar-refractivity contribution in [2.75, 3.05) is 6.54 Å². The van der Waals surface area contributed by atoms with E-state index in [2.05, 4.69) is 22.3 Å². The average Bonchev–Trinajstić information content (AvgIpc) is 2.76. The van der Waals surface area contributed by atoms with Gasteiger partial charge < -0.3 is 5.32 Å². The Morgan fingerprint density at radius 3 is 3.13 bits per heavy atom. The minimum absolute atomic E-state index is 0.688. The number of piperidine rings is 1. The van der Waals surface area contributed by atoms with Crippen molar-refractivity contribution in [2.24, 2.45) is 0 Å². The molecule has 0 spiro atoms. The molecule has 4 heteroatoms. The molecule has 0 aromatic carbocycles.